The molecule has 23 heavy (non-hydrogen) atoms. The second kappa shape index (κ2) is 7.48. The summed E-state index contributed by atoms with van der Waals surface area (Å²) in [5, 5.41) is 3.62. The molecule has 1 saturated heterocycles. The predicted octanol–water partition coefficient (Wildman–Crippen LogP) is 2.99. The van der Waals surface area contributed by atoms with E-state index in [9.17, 15) is 4.79 Å². The summed E-state index contributed by atoms with van der Waals surface area (Å²) in [6, 6.07) is 3.46. The Hall–Kier alpha value is -2.05. The smallest absolute Gasteiger partial charge is 0.276 e. The van der Waals surface area contributed by atoms with E-state index in [2.05, 4.69) is 11.9 Å². The Labute approximate surface area is 145 Å². The lowest BCUT2D eigenvalue weighted by Crippen LogP contribution is -2.25. The van der Waals surface area contributed by atoms with Crippen LogP contribution >= 0.6 is 23.8 Å². The third-order valence-electron chi connectivity index (χ3n) is 3.07. The van der Waals surface area contributed by atoms with Crippen LogP contribution in [-0.4, -0.2) is 36.2 Å². The monoisotopic (exact) mass is 352 g/mol. The Morgan fingerprint density at radius 2 is 2.17 bits per heavy atom. The molecule has 0 aliphatic carbocycles. The van der Waals surface area contributed by atoms with Crippen LogP contribution < -0.4 is 14.8 Å². The minimum atomic E-state index is -0.198. The van der Waals surface area contributed by atoms with Crippen molar-refractivity contribution >= 4 is 40.9 Å². The van der Waals surface area contributed by atoms with E-state index >= 15 is 0 Å². The predicted molar refractivity (Wildman–Crippen MR) is 94.8 cm³/mol. The van der Waals surface area contributed by atoms with Crippen LogP contribution in [0.4, 0.5) is 0 Å². The Bertz CT molecular complexity index is 688. The molecule has 1 amide bonds. The van der Waals surface area contributed by atoms with Gasteiger partial charge in [0.25, 0.3) is 5.91 Å². The summed E-state index contributed by atoms with van der Waals surface area (Å²) in [4.78, 5) is 13.4. The first kappa shape index (κ1) is 17.3. The van der Waals surface area contributed by atoms with Crippen molar-refractivity contribution in [3.8, 4) is 11.5 Å². The summed E-state index contributed by atoms with van der Waals surface area (Å²) in [7, 11) is 1.61. The molecular formula is C16H17ClN2O3S. The highest BCUT2D eigenvalue weighted by Crippen LogP contribution is 2.37. The zero-order valence-corrected chi connectivity index (χ0v) is 14.5. The van der Waals surface area contributed by atoms with Gasteiger partial charge in [-0.15, -0.1) is 0 Å². The van der Waals surface area contributed by atoms with E-state index in [0.29, 0.717) is 46.1 Å². The van der Waals surface area contributed by atoms with E-state index in [1.807, 2.05) is 6.92 Å². The number of hydrogen-bond acceptors (Lipinski definition) is 4. The first-order chi connectivity index (χ1) is 11.0. The average Bonchev–Trinajstić information content (AvgIpc) is 2.74. The fourth-order valence-electron chi connectivity index (χ4n) is 2.01. The summed E-state index contributed by atoms with van der Waals surface area (Å²) < 4.78 is 11.1. The Kier molecular flexibility index (Phi) is 5.63. The molecule has 0 aromatic heterocycles. The standard InChI is InChI=1S/C16H17ClN2O3S/c1-4-6-22-14-11(17)7-10(9-13(14)21-5-2)8-12-15(20)19(3)16(23)18-12/h4,7-9H,1,5-6H2,2-3H3,(H,18,23)/b12-8-. The number of carbonyl (C=O) groups is 1. The van der Waals surface area contributed by atoms with E-state index < -0.39 is 0 Å². The molecule has 1 aliphatic rings. The molecule has 1 aliphatic heterocycles. The lowest BCUT2D eigenvalue weighted by molar-refractivity contribution is -0.121. The third kappa shape index (κ3) is 3.83. The number of carbonyl (C=O) groups excluding carboxylic acids is 1. The SMILES string of the molecule is C=CCOc1c(Cl)cc(/C=C2\NC(=S)N(C)C2=O)cc1OCC. The van der Waals surface area contributed by atoms with Crippen LogP contribution in [-0.2, 0) is 4.79 Å². The maximum absolute atomic E-state index is 12.0. The minimum Gasteiger partial charge on any atom is -0.490 e. The third-order valence-corrected chi connectivity index (χ3v) is 3.73. The van der Waals surface area contributed by atoms with Crippen LogP contribution in [0, 0.1) is 0 Å². The molecule has 5 nitrogen and oxygen atoms in total. The molecule has 1 fully saturated rings. The Morgan fingerprint density at radius 3 is 2.74 bits per heavy atom. The van der Waals surface area contributed by atoms with Gasteiger partial charge in [0.15, 0.2) is 16.6 Å². The van der Waals surface area contributed by atoms with Crippen LogP contribution in [0.25, 0.3) is 6.08 Å². The van der Waals surface area contributed by atoms with Crippen molar-refractivity contribution in [3.63, 3.8) is 0 Å². The van der Waals surface area contributed by atoms with Gasteiger partial charge in [-0.25, -0.2) is 0 Å². The van der Waals surface area contributed by atoms with E-state index in [-0.39, 0.29) is 5.91 Å². The number of thiocarbonyl (C=S) groups is 1. The molecule has 0 unspecified atom stereocenters. The number of ether oxygens (including phenoxy) is 2. The summed E-state index contributed by atoms with van der Waals surface area (Å²) in [5.74, 6) is 0.764. The molecule has 2 rings (SSSR count). The highest BCUT2D eigenvalue weighted by Gasteiger charge is 2.27. The van der Waals surface area contributed by atoms with Gasteiger partial charge < -0.3 is 14.8 Å². The molecule has 0 radical (unpaired) electrons. The van der Waals surface area contributed by atoms with Crippen molar-refractivity contribution < 1.29 is 14.3 Å². The number of rotatable bonds is 6. The van der Waals surface area contributed by atoms with Crippen LogP contribution in [0.2, 0.25) is 5.02 Å². The molecule has 0 atom stereocenters. The van der Waals surface area contributed by atoms with Gasteiger partial charge in [-0.3, -0.25) is 9.69 Å². The van der Waals surface area contributed by atoms with Crippen LogP contribution in [0.1, 0.15) is 12.5 Å². The summed E-state index contributed by atoms with van der Waals surface area (Å²) in [6.07, 6.45) is 3.30. The average molecular weight is 353 g/mol. The van der Waals surface area contributed by atoms with E-state index in [1.54, 1.807) is 31.3 Å². The quantitative estimate of drug-likeness (QED) is 0.484. The van der Waals surface area contributed by atoms with Gasteiger partial charge in [0.2, 0.25) is 0 Å². The second-order valence-corrected chi connectivity index (χ2v) is 5.51. The fourth-order valence-corrected chi connectivity index (χ4v) is 2.47. The number of likely N-dealkylation sites (N-methyl/N-ethyl adjacent to an activating group) is 1. The van der Waals surface area contributed by atoms with Crippen molar-refractivity contribution in [2.75, 3.05) is 20.3 Å². The van der Waals surface area contributed by atoms with E-state index in [0.717, 1.165) is 0 Å². The molecule has 1 heterocycles. The summed E-state index contributed by atoms with van der Waals surface area (Å²) in [5.41, 5.74) is 1.09. The molecular weight excluding hydrogens is 336 g/mol. The highest BCUT2D eigenvalue weighted by molar-refractivity contribution is 7.80. The lowest BCUT2D eigenvalue weighted by atomic mass is 10.1. The van der Waals surface area contributed by atoms with Crippen molar-refractivity contribution in [1.82, 2.24) is 10.2 Å². The van der Waals surface area contributed by atoms with Gasteiger partial charge in [-0.1, -0.05) is 24.3 Å². The number of hydrogen-bond donors (Lipinski definition) is 1. The normalized spacial score (nSPS) is 15.8. The first-order valence-electron chi connectivity index (χ1n) is 6.98. The van der Waals surface area contributed by atoms with Gasteiger partial charge in [0.05, 0.1) is 11.6 Å². The second-order valence-electron chi connectivity index (χ2n) is 4.72. The zero-order valence-electron chi connectivity index (χ0n) is 12.9. The molecule has 7 heteroatoms. The van der Waals surface area contributed by atoms with Gasteiger partial charge in [0, 0.05) is 7.05 Å². The largest absolute Gasteiger partial charge is 0.490 e. The number of nitrogens with zero attached hydrogens (tertiary/aromatic N) is 1. The topological polar surface area (TPSA) is 50.8 Å². The zero-order chi connectivity index (χ0) is 17.0. The molecule has 1 aromatic carbocycles. The van der Waals surface area contributed by atoms with Crippen molar-refractivity contribution in [1.29, 1.82) is 0 Å². The molecule has 0 bridgehead atoms. The van der Waals surface area contributed by atoms with E-state index in [1.165, 1.54) is 4.90 Å². The Balaban J connectivity index is 2.39. The highest BCUT2D eigenvalue weighted by atomic mass is 35.5. The van der Waals surface area contributed by atoms with Gasteiger partial charge in [0.1, 0.15) is 12.3 Å². The van der Waals surface area contributed by atoms with Crippen molar-refractivity contribution in [3.05, 3.63) is 41.1 Å². The number of halogens is 1. The number of amides is 1. The summed E-state index contributed by atoms with van der Waals surface area (Å²) in [6.45, 7) is 6.26. The maximum Gasteiger partial charge on any atom is 0.276 e. The summed E-state index contributed by atoms with van der Waals surface area (Å²) >= 11 is 11.3. The van der Waals surface area contributed by atoms with Gasteiger partial charge >= 0.3 is 0 Å². The molecule has 122 valence electrons. The number of nitrogens with one attached hydrogen (secondary N) is 1. The van der Waals surface area contributed by atoms with Gasteiger partial charge in [-0.2, -0.15) is 0 Å². The molecule has 1 aromatic rings. The van der Waals surface area contributed by atoms with Crippen LogP contribution in [0.15, 0.2) is 30.5 Å². The Morgan fingerprint density at radius 1 is 1.43 bits per heavy atom. The molecule has 1 N–H and O–H groups in total. The fraction of sp³-hybridized carbons (Fsp3) is 0.250. The van der Waals surface area contributed by atoms with Crippen LogP contribution in [0.3, 0.4) is 0 Å². The molecule has 0 spiro atoms. The van der Waals surface area contributed by atoms with Crippen molar-refractivity contribution in [2.24, 2.45) is 0 Å². The van der Waals surface area contributed by atoms with E-state index in [4.69, 9.17) is 33.3 Å². The maximum atomic E-state index is 12.0. The van der Waals surface area contributed by atoms with Crippen molar-refractivity contribution in [2.45, 2.75) is 6.92 Å². The minimum absolute atomic E-state index is 0.198. The first-order valence-corrected chi connectivity index (χ1v) is 7.77. The van der Waals surface area contributed by atoms with Crippen LogP contribution in [0.5, 0.6) is 11.5 Å². The van der Waals surface area contributed by atoms with Gasteiger partial charge in [-0.05, 0) is 42.9 Å². The lowest BCUT2D eigenvalue weighted by Gasteiger charge is -2.13. The molecule has 0 saturated carbocycles. The number of benzene rings is 1.